The highest BCUT2D eigenvalue weighted by molar-refractivity contribution is 5.73. The van der Waals surface area contributed by atoms with Crippen molar-refractivity contribution in [2.24, 2.45) is 18.9 Å². The standard InChI is InChI=1S/C23H23N5O2.2C9H20/c1-12-6-8-16(19(29)14(12)3)21-25-22(17-9-7-13(2)15(4)20(17)30)27-23(26-21)18-10-11-24-28(18)5;2*1-4-7-8-9(5-2)6-3/h6-11,29-30H,1-5H3;2*9H,4-8H2,1-3H3. The second-order valence-corrected chi connectivity index (χ2v) is 13.1. The summed E-state index contributed by atoms with van der Waals surface area (Å²) in [4.78, 5) is 13.8. The van der Waals surface area contributed by atoms with E-state index in [0.717, 1.165) is 34.1 Å². The molecule has 2 N–H and O–H groups in total. The Morgan fingerprint density at radius 2 is 0.979 bits per heavy atom. The predicted octanol–water partition coefficient (Wildman–Crippen LogP) is 11.5. The van der Waals surface area contributed by atoms with Crippen LogP contribution in [0.5, 0.6) is 11.5 Å². The highest BCUT2D eigenvalue weighted by atomic mass is 16.3. The van der Waals surface area contributed by atoms with Crippen molar-refractivity contribution >= 4 is 0 Å². The van der Waals surface area contributed by atoms with Crippen LogP contribution in [-0.2, 0) is 7.05 Å². The van der Waals surface area contributed by atoms with Gasteiger partial charge in [-0.3, -0.25) is 4.68 Å². The van der Waals surface area contributed by atoms with E-state index in [1.165, 1.54) is 64.2 Å². The van der Waals surface area contributed by atoms with Crippen LogP contribution in [0.15, 0.2) is 36.5 Å². The maximum Gasteiger partial charge on any atom is 0.182 e. The number of rotatable bonds is 13. The number of hydrogen-bond donors (Lipinski definition) is 2. The average Bonchev–Trinajstić information content (AvgIpc) is 3.53. The van der Waals surface area contributed by atoms with Crippen LogP contribution in [-0.4, -0.2) is 34.9 Å². The third kappa shape index (κ3) is 11.2. The van der Waals surface area contributed by atoms with E-state index in [9.17, 15) is 10.2 Å². The molecular formula is C41H63N5O2. The van der Waals surface area contributed by atoms with Crippen LogP contribution in [0.3, 0.4) is 0 Å². The number of nitrogens with zero attached hydrogens (tertiary/aromatic N) is 5. The fourth-order valence-electron chi connectivity index (χ4n) is 5.67. The van der Waals surface area contributed by atoms with Crippen LogP contribution < -0.4 is 0 Å². The molecule has 0 radical (unpaired) electrons. The maximum atomic E-state index is 10.7. The summed E-state index contributed by atoms with van der Waals surface area (Å²) in [6, 6.07) is 9.24. The number of aryl methyl sites for hydroxylation is 3. The number of aromatic hydroxyl groups is 2. The molecule has 0 fully saturated rings. The largest absolute Gasteiger partial charge is 0.507 e. The van der Waals surface area contributed by atoms with Gasteiger partial charge in [0.05, 0.1) is 11.1 Å². The lowest BCUT2D eigenvalue weighted by molar-refractivity contribution is 0.438. The van der Waals surface area contributed by atoms with E-state index in [1.54, 1.807) is 30.1 Å². The first-order chi connectivity index (χ1) is 23.0. The molecule has 0 aliphatic carbocycles. The van der Waals surface area contributed by atoms with Gasteiger partial charge in [0, 0.05) is 13.2 Å². The van der Waals surface area contributed by atoms with Gasteiger partial charge in [-0.15, -0.1) is 0 Å². The fourth-order valence-corrected chi connectivity index (χ4v) is 5.67. The van der Waals surface area contributed by atoms with Gasteiger partial charge >= 0.3 is 0 Å². The van der Waals surface area contributed by atoms with Crippen molar-refractivity contribution in [1.82, 2.24) is 24.7 Å². The van der Waals surface area contributed by atoms with Gasteiger partial charge in [-0.1, -0.05) is 118 Å². The summed E-state index contributed by atoms with van der Waals surface area (Å²) in [6.07, 6.45) is 15.6. The first-order valence-electron chi connectivity index (χ1n) is 18.3. The van der Waals surface area contributed by atoms with Gasteiger partial charge in [0.15, 0.2) is 17.5 Å². The SMILES string of the molecule is CCCCC(CC)CC.CCCCC(CC)CC.Cc1ccc(-c2nc(-c3ccc(C)c(C)c3O)nc(-c3ccnn3C)n2)c(O)c1C. The molecule has 0 spiro atoms. The topological polar surface area (TPSA) is 97.0 Å². The zero-order valence-electron chi connectivity index (χ0n) is 31.8. The fraction of sp³-hybridized carbons (Fsp3) is 0.561. The predicted molar refractivity (Wildman–Crippen MR) is 202 cm³/mol. The molecule has 48 heavy (non-hydrogen) atoms. The minimum atomic E-state index is 0.132. The Kier molecular flexibility index (Phi) is 17.3. The van der Waals surface area contributed by atoms with Gasteiger partial charge in [0.1, 0.15) is 17.2 Å². The number of benzene rings is 2. The van der Waals surface area contributed by atoms with E-state index >= 15 is 0 Å². The molecule has 0 unspecified atom stereocenters. The third-order valence-corrected chi connectivity index (χ3v) is 9.81. The van der Waals surface area contributed by atoms with Crippen LogP contribution in [0.2, 0.25) is 0 Å². The minimum absolute atomic E-state index is 0.132. The van der Waals surface area contributed by atoms with Crippen molar-refractivity contribution in [2.45, 2.75) is 133 Å². The van der Waals surface area contributed by atoms with Crippen LogP contribution in [0.4, 0.5) is 0 Å². The van der Waals surface area contributed by atoms with Gasteiger partial charge in [-0.2, -0.15) is 5.10 Å². The quantitative estimate of drug-likeness (QED) is 0.148. The van der Waals surface area contributed by atoms with Crippen molar-refractivity contribution in [3.05, 3.63) is 58.8 Å². The minimum Gasteiger partial charge on any atom is -0.507 e. The molecule has 0 saturated heterocycles. The van der Waals surface area contributed by atoms with Gasteiger partial charge < -0.3 is 10.2 Å². The lowest BCUT2D eigenvalue weighted by atomic mass is 9.97. The van der Waals surface area contributed by atoms with Crippen LogP contribution in [0.1, 0.15) is 128 Å². The molecule has 4 aromatic rings. The van der Waals surface area contributed by atoms with Gasteiger partial charge in [0.25, 0.3) is 0 Å². The number of phenols is 2. The van der Waals surface area contributed by atoms with Gasteiger partial charge in [-0.05, 0) is 80.0 Å². The van der Waals surface area contributed by atoms with E-state index in [0.29, 0.717) is 34.3 Å². The third-order valence-electron chi connectivity index (χ3n) is 9.81. The Hall–Kier alpha value is -3.74. The average molecular weight is 658 g/mol. The van der Waals surface area contributed by atoms with E-state index in [-0.39, 0.29) is 11.5 Å². The lowest BCUT2D eigenvalue weighted by Crippen LogP contribution is -2.04. The molecule has 0 atom stereocenters. The van der Waals surface area contributed by atoms with Crippen LogP contribution >= 0.6 is 0 Å². The summed E-state index contributed by atoms with van der Waals surface area (Å²) in [5, 5.41) is 25.7. The molecule has 0 bridgehead atoms. The summed E-state index contributed by atoms with van der Waals surface area (Å²) >= 11 is 0. The number of hydrogen-bond acceptors (Lipinski definition) is 6. The van der Waals surface area contributed by atoms with E-state index < -0.39 is 0 Å². The van der Waals surface area contributed by atoms with Crippen LogP contribution in [0.25, 0.3) is 34.3 Å². The molecule has 0 aliphatic heterocycles. The van der Waals surface area contributed by atoms with Crippen molar-refractivity contribution in [3.63, 3.8) is 0 Å². The second-order valence-electron chi connectivity index (χ2n) is 13.1. The molecule has 2 heterocycles. The molecule has 0 aliphatic rings. The van der Waals surface area contributed by atoms with Crippen molar-refractivity contribution in [1.29, 1.82) is 0 Å². The molecule has 264 valence electrons. The summed E-state index contributed by atoms with van der Waals surface area (Å²) in [6.45, 7) is 21.3. The lowest BCUT2D eigenvalue weighted by Gasteiger charge is -2.13. The molecule has 0 saturated carbocycles. The Bertz CT molecular complexity index is 1440. The summed E-state index contributed by atoms with van der Waals surface area (Å²) in [5.41, 5.74) is 5.21. The van der Waals surface area contributed by atoms with Crippen molar-refractivity contribution in [3.8, 4) is 45.8 Å². The van der Waals surface area contributed by atoms with E-state index in [4.69, 9.17) is 0 Å². The first-order valence-corrected chi connectivity index (χ1v) is 18.3. The molecule has 2 aromatic heterocycles. The highest BCUT2D eigenvalue weighted by Crippen LogP contribution is 2.36. The Labute approximate surface area is 291 Å². The Balaban J connectivity index is 0.000000366. The zero-order valence-corrected chi connectivity index (χ0v) is 31.8. The smallest absolute Gasteiger partial charge is 0.182 e. The van der Waals surface area contributed by atoms with Gasteiger partial charge in [-0.25, -0.2) is 15.0 Å². The molecule has 4 rings (SSSR count). The Morgan fingerprint density at radius 3 is 1.31 bits per heavy atom. The second kappa shape index (κ2) is 20.6. The first kappa shape index (κ1) is 40.4. The number of phenolic OH excluding ortho intramolecular Hbond substituents is 2. The molecule has 7 heteroatoms. The molecule has 2 aromatic carbocycles. The Morgan fingerprint density at radius 1 is 0.583 bits per heavy atom. The summed E-state index contributed by atoms with van der Waals surface area (Å²) in [7, 11) is 1.81. The number of aromatic nitrogens is 5. The normalized spacial score (nSPS) is 10.9. The summed E-state index contributed by atoms with van der Waals surface area (Å²) < 4.78 is 1.67. The monoisotopic (exact) mass is 657 g/mol. The maximum absolute atomic E-state index is 10.7. The highest BCUT2D eigenvalue weighted by Gasteiger charge is 2.20. The van der Waals surface area contributed by atoms with Crippen molar-refractivity contribution in [2.75, 3.05) is 0 Å². The zero-order chi connectivity index (χ0) is 35.8. The summed E-state index contributed by atoms with van der Waals surface area (Å²) in [5.74, 6) is 3.34. The molecular weight excluding hydrogens is 594 g/mol. The van der Waals surface area contributed by atoms with Gasteiger partial charge in [0.2, 0.25) is 0 Å². The van der Waals surface area contributed by atoms with E-state index in [1.807, 2.05) is 45.9 Å². The number of unbranched alkanes of at least 4 members (excludes halogenated alkanes) is 2. The molecule has 7 nitrogen and oxygen atoms in total. The molecule has 0 amide bonds. The van der Waals surface area contributed by atoms with E-state index in [2.05, 4.69) is 61.6 Å². The van der Waals surface area contributed by atoms with Crippen LogP contribution in [0, 0.1) is 39.5 Å². The van der Waals surface area contributed by atoms with Crippen molar-refractivity contribution < 1.29 is 10.2 Å².